The molecule has 132 valence electrons. The Morgan fingerprint density at radius 2 is 1.84 bits per heavy atom. The second-order valence-corrected chi connectivity index (χ2v) is 6.94. The molecule has 0 aliphatic heterocycles. The Hall–Kier alpha value is -2.29. The molecule has 0 saturated heterocycles. The number of hydrogen-bond acceptors (Lipinski definition) is 2. The molecule has 1 aliphatic carbocycles. The average molecular weight is 337 g/mol. The number of carbonyl (C=O) groups excluding carboxylic acids is 1. The Kier molecular flexibility index (Phi) is 5.42. The number of benzene rings is 2. The summed E-state index contributed by atoms with van der Waals surface area (Å²) in [7, 11) is 0. The lowest BCUT2D eigenvalue weighted by Crippen LogP contribution is -2.39. The van der Waals surface area contributed by atoms with Crippen LogP contribution in [-0.4, -0.2) is 12.0 Å². The van der Waals surface area contributed by atoms with Crippen molar-refractivity contribution in [2.24, 2.45) is 0 Å². The zero-order valence-corrected chi connectivity index (χ0v) is 15.3. The molecule has 0 fully saturated rings. The fourth-order valence-electron chi connectivity index (χ4n) is 3.35. The topological polar surface area (TPSA) is 38.3 Å². The average Bonchev–Trinajstić information content (AvgIpc) is 3.08. The van der Waals surface area contributed by atoms with Gasteiger partial charge in [0, 0.05) is 0 Å². The normalized spacial score (nSPS) is 15.3. The van der Waals surface area contributed by atoms with Gasteiger partial charge in [0.25, 0.3) is 5.91 Å². The molecule has 3 heteroatoms. The van der Waals surface area contributed by atoms with E-state index in [2.05, 4.69) is 23.5 Å². The van der Waals surface area contributed by atoms with Crippen LogP contribution >= 0.6 is 0 Å². The van der Waals surface area contributed by atoms with Crippen molar-refractivity contribution in [1.29, 1.82) is 0 Å². The predicted molar refractivity (Wildman–Crippen MR) is 101 cm³/mol. The van der Waals surface area contributed by atoms with Gasteiger partial charge >= 0.3 is 0 Å². The van der Waals surface area contributed by atoms with Gasteiger partial charge in [0.15, 0.2) is 6.10 Å². The first-order valence-electron chi connectivity index (χ1n) is 9.22. The van der Waals surface area contributed by atoms with Gasteiger partial charge in [-0.25, -0.2) is 0 Å². The number of fused-ring (bicyclic) bond motifs is 1. The minimum Gasteiger partial charge on any atom is -0.481 e. The highest BCUT2D eigenvalue weighted by molar-refractivity contribution is 5.81. The van der Waals surface area contributed by atoms with Gasteiger partial charge in [0.1, 0.15) is 5.75 Å². The minimum absolute atomic E-state index is 0.0194. The number of nitrogens with one attached hydrogen (secondary N) is 1. The van der Waals surface area contributed by atoms with Gasteiger partial charge in [-0.15, -0.1) is 0 Å². The number of carbonyl (C=O) groups is 1. The first kappa shape index (κ1) is 17.5. The summed E-state index contributed by atoms with van der Waals surface area (Å²) in [5, 5.41) is 3.11. The maximum absolute atomic E-state index is 12.6. The summed E-state index contributed by atoms with van der Waals surface area (Å²) in [6, 6.07) is 14.4. The lowest BCUT2D eigenvalue weighted by Gasteiger charge is -2.21. The minimum atomic E-state index is -0.473. The van der Waals surface area contributed by atoms with Crippen LogP contribution in [0.3, 0.4) is 0 Å². The van der Waals surface area contributed by atoms with E-state index in [4.69, 9.17) is 4.74 Å². The van der Waals surface area contributed by atoms with Gasteiger partial charge in [-0.3, -0.25) is 4.79 Å². The van der Waals surface area contributed by atoms with E-state index in [-0.39, 0.29) is 11.9 Å². The molecule has 0 radical (unpaired) electrons. The van der Waals surface area contributed by atoms with Crippen LogP contribution in [0.25, 0.3) is 0 Å². The number of rotatable bonds is 6. The highest BCUT2D eigenvalue weighted by Gasteiger charge is 2.21. The third kappa shape index (κ3) is 4.22. The highest BCUT2D eigenvalue weighted by Crippen LogP contribution is 2.25. The van der Waals surface area contributed by atoms with Crippen molar-refractivity contribution in [2.75, 3.05) is 0 Å². The summed E-state index contributed by atoms with van der Waals surface area (Å²) in [6.45, 7) is 6.04. The fourth-order valence-corrected chi connectivity index (χ4v) is 3.35. The summed E-state index contributed by atoms with van der Waals surface area (Å²) < 4.78 is 5.88. The predicted octanol–water partition coefficient (Wildman–Crippen LogP) is 4.52. The second-order valence-electron chi connectivity index (χ2n) is 6.94. The van der Waals surface area contributed by atoms with Crippen LogP contribution in [0.2, 0.25) is 0 Å². The van der Waals surface area contributed by atoms with Crippen molar-refractivity contribution in [2.45, 2.75) is 58.6 Å². The summed E-state index contributed by atoms with van der Waals surface area (Å²) in [5.41, 5.74) is 5.23. The van der Waals surface area contributed by atoms with Crippen LogP contribution in [0.5, 0.6) is 5.75 Å². The number of aryl methyl sites for hydroxylation is 3. The van der Waals surface area contributed by atoms with E-state index in [9.17, 15) is 4.79 Å². The third-order valence-electron chi connectivity index (χ3n) is 4.94. The molecule has 2 aromatic carbocycles. The first-order valence-corrected chi connectivity index (χ1v) is 9.22. The van der Waals surface area contributed by atoms with Crippen molar-refractivity contribution in [3.05, 3.63) is 64.7 Å². The maximum Gasteiger partial charge on any atom is 0.261 e. The largest absolute Gasteiger partial charge is 0.481 e. The third-order valence-corrected chi connectivity index (χ3v) is 4.94. The number of hydrogen-bond donors (Lipinski definition) is 1. The van der Waals surface area contributed by atoms with Gasteiger partial charge in [-0.1, -0.05) is 42.8 Å². The summed E-state index contributed by atoms with van der Waals surface area (Å²) >= 11 is 0. The molecule has 1 amide bonds. The van der Waals surface area contributed by atoms with E-state index < -0.39 is 6.10 Å². The molecule has 3 rings (SSSR count). The molecule has 0 bridgehead atoms. The van der Waals surface area contributed by atoms with Gasteiger partial charge in [0.05, 0.1) is 6.04 Å². The van der Waals surface area contributed by atoms with E-state index in [0.717, 1.165) is 12.2 Å². The first-order chi connectivity index (χ1) is 12.1. The molecule has 0 heterocycles. The Balaban J connectivity index is 1.63. The van der Waals surface area contributed by atoms with Crippen LogP contribution in [0.4, 0.5) is 0 Å². The van der Waals surface area contributed by atoms with Gasteiger partial charge in [0.2, 0.25) is 0 Å². The molecule has 0 saturated carbocycles. The molecule has 2 atom stereocenters. The van der Waals surface area contributed by atoms with Crippen molar-refractivity contribution in [1.82, 2.24) is 5.32 Å². The molecule has 1 aliphatic rings. The van der Waals surface area contributed by atoms with Crippen LogP contribution < -0.4 is 10.1 Å². The van der Waals surface area contributed by atoms with Crippen molar-refractivity contribution < 1.29 is 9.53 Å². The van der Waals surface area contributed by atoms with Crippen LogP contribution in [0, 0.1) is 6.92 Å². The van der Waals surface area contributed by atoms with E-state index in [1.165, 1.54) is 35.1 Å². The standard InChI is InChI=1S/C22H27NO2/c1-4-21(25-20-12-8-15(2)9-13-20)22(24)23-16(3)18-11-10-17-6-5-7-19(17)14-18/h8-14,16,21H,4-7H2,1-3H3,(H,23,24)/t16-,21-/m1/s1. The van der Waals surface area contributed by atoms with E-state index in [0.29, 0.717) is 6.42 Å². The van der Waals surface area contributed by atoms with Crippen LogP contribution in [0.1, 0.15) is 55.0 Å². The SMILES string of the molecule is CC[C@@H](Oc1ccc(C)cc1)C(=O)N[C@H](C)c1ccc2c(c1)CCC2. The number of amides is 1. The zero-order valence-electron chi connectivity index (χ0n) is 15.3. The summed E-state index contributed by atoms with van der Waals surface area (Å²) in [6.07, 6.45) is 3.73. The van der Waals surface area contributed by atoms with E-state index in [1.807, 2.05) is 45.0 Å². The summed E-state index contributed by atoms with van der Waals surface area (Å²) in [5.74, 6) is 0.675. The summed E-state index contributed by atoms with van der Waals surface area (Å²) in [4.78, 5) is 12.6. The van der Waals surface area contributed by atoms with Gasteiger partial charge in [-0.05, 0) is 68.4 Å². The number of ether oxygens (including phenoxy) is 1. The van der Waals surface area contributed by atoms with Crippen molar-refractivity contribution >= 4 is 5.91 Å². The molecule has 0 unspecified atom stereocenters. The van der Waals surface area contributed by atoms with Gasteiger partial charge in [-0.2, -0.15) is 0 Å². The lowest BCUT2D eigenvalue weighted by molar-refractivity contribution is -0.128. The lowest BCUT2D eigenvalue weighted by atomic mass is 10.0. The Bertz CT molecular complexity index is 736. The van der Waals surface area contributed by atoms with E-state index >= 15 is 0 Å². The van der Waals surface area contributed by atoms with Crippen LogP contribution in [-0.2, 0) is 17.6 Å². The zero-order chi connectivity index (χ0) is 17.8. The molecule has 25 heavy (non-hydrogen) atoms. The quantitative estimate of drug-likeness (QED) is 0.842. The molecular formula is C22H27NO2. The molecule has 0 aromatic heterocycles. The monoisotopic (exact) mass is 337 g/mol. The van der Waals surface area contributed by atoms with Crippen molar-refractivity contribution in [3.8, 4) is 5.75 Å². The van der Waals surface area contributed by atoms with E-state index in [1.54, 1.807) is 0 Å². The Morgan fingerprint density at radius 1 is 1.12 bits per heavy atom. The molecule has 0 spiro atoms. The van der Waals surface area contributed by atoms with Crippen molar-refractivity contribution in [3.63, 3.8) is 0 Å². The smallest absolute Gasteiger partial charge is 0.261 e. The molecule has 2 aromatic rings. The maximum atomic E-state index is 12.6. The molecular weight excluding hydrogens is 310 g/mol. The van der Waals surface area contributed by atoms with Gasteiger partial charge < -0.3 is 10.1 Å². The molecule has 1 N–H and O–H groups in total. The van der Waals surface area contributed by atoms with Crippen LogP contribution in [0.15, 0.2) is 42.5 Å². The Morgan fingerprint density at radius 3 is 2.56 bits per heavy atom. The Labute approximate surface area is 150 Å². The molecule has 3 nitrogen and oxygen atoms in total. The second kappa shape index (κ2) is 7.73. The highest BCUT2D eigenvalue weighted by atomic mass is 16.5. The fraction of sp³-hybridized carbons (Fsp3) is 0.409.